The Hall–Kier alpha value is -7.16. The normalized spacial score (nSPS) is 14.1. The number of hydrogen-bond acceptors (Lipinski definition) is 5. The van der Waals surface area contributed by atoms with Crippen LogP contribution in [0.5, 0.6) is 0 Å². The van der Waals surface area contributed by atoms with Crippen molar-refractivity contribution in [3.05, 3.63) is 174 Å². The Morgan fingerprint density at radius 1 is 0.456 bits per heavy atom. The van der Waals surface area contributed by atoms with Gasteiger partial charge < -0.3 is 4.42 Å². The van der Waals surface area contributed by atoms with Crippen LogP contribution in [-0.4, -0.2) is 15.0 Å². The summed E-state index contributed by atoms with van der Waals surface area (Å²) in [4.78, 5) is 15.3. The maximum atomic E-state index is 9.85. The van der Waals surface area contributed by atoms with Crippen molar-refractivity contribution in [3.8, 4) is 73.6 Å². The first-order valence-corrected chi connectivity index (χ1v) is 19.8. The van der Waals surface area contributed by atoms with Crippen molar-refractivity contribution in [1.29, 1.82) is 5.26 Å². The van der Waals surface area contributed by atoms with Crippen LogP contribution in [0.4, 0.5) is 0 Å². The zero-order valence-electron chi connectivity index (χ0n) is 31.2. The first kappa shape index (κ1) is 33.2. The lowest BCUT2D eigenvalue weighted by Crippen LogP contribution is -2.28. The van der Waals surface area contributed by atoms with E-state index in [9.17, 15) is 5.26 Å². The topological polar surface area (TPSA) is 75.6 Å². The summed E-state index contributed by atoms with van der Waals surface area (Å²) < 4.78 is 6.15. The number of nitriles is 1. The van der Waals surface area contributed by atoms with E-state index in [2.05, 4.69) is 121 Å². The standard InChI is InChI=1S/C52H36N4O/c53-32-33-16-26-42-45(30-33)52(28-7-2-8-29-52)44-14-9-13-40(48(42)44)36-19-23-38(24-20-36)50-54-49(37-21-17-35(18-22-37)34-10-3-1-4-11-34)55-51(56-50)39-25-27-47-43(31-39)41-12-5-6-15-46(41)57-47/h1,3-6,9-27,30-31H,2,7-8,28-29H2. The molecule has 2 aliphatic carbocycles. The molecule has 2 heterocycles. The molecule has 1 saturated carbocycles. The maximum absolute atomic E-state index is 9.85. The fourth-order valence-corrected chi connectivity index (χ4v) is 9.42. The molecule has 0 atom stereocenters. The monoisotopic (exact) mass is 732 g/mol. The summed E-state index contributed by atoms with van der Waals surface area (Å²) in [6.07, 6.45) is 5.91. The van der Waals surface area contributed by atoms with E-state index >= 15 is 0 Å². The molecule has 1 spiro atoms. The lowest BCUT2D eigenvalue weighted by Gasteiger charge is -2.36. The Morgan fingerprint density at radius 2 is 1.07 bits per heavy atom. The quantitative estimate of drug-likeness (QED) is 0.176. The van der Waals surface area contributed by atoms with Gasteiger partial charge in [0.25, 0.3) is 0 Å². The van der Waals surface area contributed by atoms with E-state index in [0.717, 1.165) is 73.7 Å². The van der Waals surface area contributed by atoms with Crippen molar-refractivity contribution >= 4 is 21.9 Å². The van der Waals surface area contributed by atoms with Gasteiger partial charge in [0.1, 0.15) is 11.2 Å². The van der Waals surface area contributed by atoms with Crippen LogP contribution in [0.2, 0.25) is 0 Å². The Bertz CT molecular complexity index is 3040. The van der Waals surface area contributed by atoms with E-state index in [1.807, 2.05) is 42.5 Å². The van der Waals surface area contributed by atoms with E-state index in [1.165, 1.54) is 47.1 Å². The number of rotatable bonds is 5. The lowest BCUT2D eigenvalue weighted by molar-refractivity contribution is 0.353. The van der Waals surface area contributed by atoms with Crippen molar-refractivity contribution in [1.82, 2.24) is 15.0 Å². The van der Waals surface area contributed by atoms with Crippen LogP contribution in [-0.2, 0) is 5.41 Å². The summed E-state index contributed by atoms with van der Waals surface area (Å²) in [5.41, 5.74) is 15.1. The second-order valence-corrected chi connectivity index (χ2v) is 15.4. The summed E-state index contributed by atoms with van der Waals surface area (Å²) in [5.74, 6) is 1.83. The Labute approximate surface area is 331 Å². The van der Waals surface area contributed by atoms with Crippen LogP contribution in [0, 0.1) is 11.3 Å². The van der Waals surface area contributed by atoms with Gasteiger partial charge in [-0.3, -0.25) is 0 Å². The lowest BCUT2D eigenvalue weighted by atomic mass is 9.67. The van der Waals surface area contributed by atoms with Crippen LogP contribution in [0.15, 0.2) is 162 Å². The van der Waals surface area contributed by atoms with E-state index in [1.54, 1.807) is 0 Å². The maximum Gasteiger partial charge on any atom is 0.164 e. The van der Waals surface area contributed by atoms with E-state index in [-0.39, 0.29) is 5.41 Å². The minimum absolute atomic E-state index is 0.0333. The summed E-state index contributed by atoms with van der Waals surface area (Å²) in [6.45, 7) is 0. The Kier molecular flexibility index (Phi) is 7.72. The second-order valence-electron chi connectivity index (χ2n) is 15.4. The second kappa shape index (κ2) is 13.3. The summed E-state index contributed by atoms with van der Waals surface area (Å²) >= 11 is 0. The minimum Gasteiger partial charge on any atom is -0.456 e. The average molecular weight is 733 g/mol. The molecule has 0 unspecified atom stereocenters. The highest BCUT2D eigenvalue weighted by molar-refractivity contribution is 6.06. The molecule has 7 aromatic carbocycles. The molecule has 1 fully saturated rings. The number of nitrogens with zero attached hydrogens (tertiary/aromatic N) is 4. The molecule has 11 rings (SSSR count). The largest absolute Gasteiger partial charge is 0.456 e. The molecule has 0 N–H and O–H groups in total. The predicted octanol–water partition coefficient (Wildman–Crippen LogP) is 13.2. The van der Waals surface area contributed by atoms with Crippen LogP contribution >= 0.6 is 0 Å². The molecular formula is C52H36N4O. The van der Waals surface area contributed by atoms with E-state index in [4.69, 9.17) is 19.4 Å². The average Bonchev–Trinajstić information content (AvgIpc) is 3.79. The zero-order chi connectivity index (χ0) is 37.9. The van der Waals surface area contributed by atoms with Crippen LogP contribution in [0.1, 0.15) is 48.8 Å². The Morgan fingerprint density at radius 3 is 1.81 bits per heavy atom. The van der Waals surface area contributed by atoms with Gasteiger partial charge in [-0.15, -0.1) is 0 Å². The molecule has 9 aromatic rings. The van der Waals surface area contributed by atoms with Gasteiger partial charge in [-0.05, 0) is 93.7 Å². The number of para-hydroxylation sites is 1. The molecule has 5 nitrogen and oxygen atoms in total. The van der Waals surface area contributed by atoms with Gasteiger partial charge in [0.15, 0.2) is 17.5 Å². The molecule has 270 valence electrons. The summed E-state index contributed by atoms with van der Waals surface area (Å²) in [7, 11) is 0. The third kappa shape index (κ3) is 5.48. The number of furan rings is 1. The van der Waals surface area contributed by atoms with Crippen molar-refractivity contribution < 1.29 is 4.42 Å². The molecule has 2 aromatic heterocycles. The number of benzene rings is 7. The van der Waals surface area contributed by atoms with Gasteiger partial charge in [-0.25, -0.2) is 15.0 Å². The SMILES string of the molecule is N#Cc1ccc2c(c1)C1(CCCCC1)c1cccc(-c3ccc(-c4nc(-c5ccc(-c6ccccc6)cc5)nc(-c5ccc6oc7ccccc7c6c5)n4)cc3)c1-2. The smallest absolute Gasteiger partial charge is 0.164 e. The minimum atomic E-state index is -0.0333. The van der Waals surface area contributed by atoms with Crippen molar-refractivity contribution in [3.63, 3.8) is 0 Å². The van der Waals surface area contributed by atoms with Gasteiger partial charge in [0, 0.05) is 32.9 Å². The number of hydrogen-bond donors (Lipinski definition) is 0. The fourth-order valence-electron chi connectivity index (χ4n) is 9.42. The molecule has 0 amide bonds. The predicted molar refractivity (Wildman–Crippen MR) is 228 cm³/mol. The van der Waals surface area contributed by atoms with E-state index < -0.39 is 0 Å². The molecule has 0 aliphatic heterocycles. The summed E-state index contributed by atoms with van der Waals surface area (Å²) in [6, 6.07) is 57.2. The van der Waals surface area contributed by atoms with Crippen LogP contribution in [0.25, 0.3) is 89.5 Å². The van der Waals surface area contributed by atoms with Gasteiger partial charge in [0.05, 0.1) is 11.6 Å². The van der Waals surface area contributed by atoms with Gasteiger partial charge >= 0.3 is 0 Å². The van der Waals surface area contributed by atoms with Gasteiger partial charge in [-0.1, -0.05) is 141 Å². The third-order valence-electron chi connectivity index (χ3n) is 12.2. The molecule has 57 heavy (non-hydrogen) atoms. The van der Waals surface area contributed by atoms with Crippen molar-refractivity contribution in [2.75, 3.05) is 0 Å². The molecule has 0 radical (unpaired) electrons. The van der Waals surface area contributed by atoms with Crippen molar-refractivity contribution in [2.45, 2.75) is 37.5 Å². The van der Waals surface area contributed by atoms with Gasteiger partial charge in [-0.2, -0.15) is 5.26 Å². The highest BCUT2D eigenvalue weighted by Crippen LogP contribution is 2.58. The molecule has 0 bridgehead atoms. The highest BCUT2D eigenvalue weighted by Gasteiger charge is 2.44. The van der Waals surface area contributed by atoms with Crippen LogP contribution in [0.3, 0.4) is 0 Å². The van der Waals surface area contributed by atoms with Crippen LogP contribution < -0.4 is 0 Å². The zero-order valence-corrected chi connectivity index (χ0v) is 31.2. The number of aromatic nitrogens is 3. The first-order valence-electron chi connectivity index (χ1n) is 19.8. The fraction of sp³-hybridized carbons (Fsp3) is 0.115. The Balaban J connectivity index is 1.02. The molecular weight excluding hydrogens is 697 g/mol. The van der Waals surface area contributed by atoms with E-state index in [0.29, 0.717) is 17.5 Å². The van der Waals surface area contributed by atoms with Gasteiger partial charge in [0.2, 0.25) is 0 Å². The third-order valence-corrected chi connectivity index (χ3v) is 12.2. The number of fused-ring (bicyclic) bond motifs is 8. The van der Waals surface area contributed by atoms with Crippen molar-refractivity contribution in [2.24, 2.45) is 0 Å². The summed E-state index contributed by atoms with van der Waals surface area (Å²) in [5, 5.41) is 11.9. The molecule has 2 aliphatic rings. The first-order chi connectivity index (χ1) is 28.1. The molecule has 5 heteroatoms. The highest BCUT2D eigenvalue weighted by atomic mass is 16.3. The molecule has 0 saturated heterocycles.